The monoisotopic (exact) mass is 290 g/mol. The lowest BCUT2D eigenvalue weighted by atomic mass is 10.3. The Morgan fingerprint density at radius 3 is 2.44 bits per heavy atom. The molecule has 0 aliphatic carbocycles. The number of halogens is 4. The molecule has 0 rings (SSSR count). The second kappa shape index (κ2) is 8.90. The number of ketones is 1. The Bertz CT molecular complexity index is 308. The van der Waals surface area contributed by atoms with E-state index >= 15 is 0 Å². The number of ether oxygens (including phenoxy) is 1. The van der Waals surface area contributed by atoms with Gasteiger partial charge in [-0.15, -0.1) is 12.4 Å². The average molecular weight is 291 g/mol. The number of hydrogen-bond acceptors (Lipinski definition) is 5. The summed E-state index contributed by atoms with van der Waals surface area (Å²) in [6.45, 7) is 0.0315. The van der Waals surface area contributed by atoms with E-state index in [0.29, 0.717) is 6.08 Å². The molecule has 0 amide bonds. The quantitative estimate of drug-likeness (QED) is 0.414. The third-order valence-electron chi connectivity index (χ3n) is 1.68. The first-order valence-corrected chi connectivity index (χ1v) is 4.61. The van der Waals surface area contributed by atoms with E-state index in [0.717, 1.165) is 6.08 Å². The molecule has 0 spiro atoms. The van der Waals surface area contributed by atoms with Crippen LogP contribution in [0.1, 0.15) is 0 Å². The van der Waals surface area contributed by atoms with Gasteiger partial charge in [0, 0.05) is 13.1 Å². The number of hydrogen-bond donors (Lipinski definition) is 2. The lowest BCUT2D eigenvalue weighted by Gasteiger charge is -2.08. The fraction of sp³-hybridized carbons (Fsp3) is 0.556. The van der Waals surface area contributed by atoms with Crippen molar-refractivity contribution in [1.29, 1.82) is 0 Å². The Morgan fingerprint density at radius 2 is 2.00 bits per heavy atom. The van der Waals surface area contributed by atoms with Gasteiger partial charge in [-0.1, -0.05) is 6.08 Å². The minimum absolute atomic E-state index is 0. The van der Waals surface area contributed by atoms with Gasteiger partial charge in [-0.3, -0.25) is 9.59 Å². The summed E-state index contributed by atoms with van der Waals surface area (Å²) in [6.07, 6.45) is -3.45. The minimum Gasteiger partial charge on any atom is -0.468 e. The lowest BCUT2D eigenvalue weighted by Crippen LogP contribution is -2.41. The van der Waals surface area contributed by atoms with E-state index in [-0.39, 0.29) is 25.5 Å². The third-order valence-corrected chi connectivity index (χ3v) is 1.68. The van der Waals surface area contributed by atoms with Crippen LogP contribution >= 0.6 is 12.4 Å². The lowest BCUT2D eigenvalue weighted by molar-refractivity contribution is -0.165. The number of carbonyl (C=O) groups is 2. The molecule has 1 atom stereocenters. The van der Waals surface area contributed by atoms with Gasteiger partial charge in [0.1, 0.15) is 6.04 Å². The van der Waals surface area contributed by atoms with E-state index in [2.05, 4.69) is 10.1 Å². The van der Waals surface area contributed by atoms with Crippen molar-refractivity contribution >= 4 is 24.2 Å². The number of esters is 1. The molecule has 106 valence electrons. The first kappa shape index (κ1) is 19.2. The first-order chi connectivity index (χ1) is 7.79. The first-order valence-electron chi connectivity index (χ1n) is 4.61. The molecule has 0 saturated carbocycles. The molecule has 0 aromatic heterocycles. The van der Waals surface area contributed by atoms with Gasteiger partial charge in [0.05, 0.1) is 7.11 Å². The fourth-order valence-corrected chi connectivity index (χ4v) is 0.817. The molecule has 18 heavy (non-hydrogen) atoms. The van der Waals surface area contributed by atoms with E-state index in [9.17, 15) is 22.8 Å². The molecular formula is C9H14ClF3N2O3. The van der Waals surface area contributed by atoms with Gasteiger partial charge in [0.2, 0.25) is 0 Å². The molecule has 0 saturated heterocycles. The maximum Gasteiger partial charge on any atom is 0.454 e. The molecule has 0 radical (unpaired) electrons. The third kappa shape index (κ3) is 8.04. The van der Waals surface area contributed by atoms with E-state index in [1.807, 2.05) is 0 Å². The summed E-state index contributed by atoms with van der Waals surface area (Å²) < 4.78 is 39.5. The summed E-state index contributed by atoms with van der Waals surface area (Å²) in [5, 5.41) is 2.57. The topological polar surface area (TPSA) is 81.4 Å². The van der Waals surface area contributed by atoms with Crippen molar-refractivity contribution in [3.05, 3.63) is 12.2 Å². The van der Waals surface area contributed by atoms with Crippen LogP contribution in [0.15, 0.2) is 12.2 Å². The number of nitrogens with one attached hydrogen (secondary N) is 1. The summed E-state index contributed by atoms with van der Waals surface area (Å²) >= 11 is 0. The van der Waals surface area contributed by atoms with Gasteiger partial charge in [-0.05, 0) is 6.08 Å². The zero-order valence-corrected chi connectivity index (χ0v) is 10.3. The number of alkyl halides is 3. The van der Waals surface area contributed by atoms with Gasteiger partial charge in [0.25, 0.3) is 5.78 Å². The van der Waals surface area contributed by atoms with E-state index < -0.39 is 24.0 Å². The Morgan fingerprint density at radius 1 is 1.44 bits per heavy atom. The molecule has 5 nitrogen and oxygen atoms in total. The molecule has 0 aliphatic heterocycles. The Kier molecular flexibility index (Phi) is 9.50. The summed E-state index contributed by atoms with van der Waals surface area (Å²) in [6, 6.07) is -0.897. The number of allylic oxidation sites excluding steroid dienone is 1. The summed E-state index contributed by atoms with van der Waals surface area (Å²) in [5.74, 6) is -2.57. The van der Waals surface area contributed by atoms with Crippen molar-refractivity contribution in [3.63, 3.8) is 0 Å². The second-order valence-corrected chi connectivity index (χ2v) is 3.05. The fourth-order valence-electron chi connectivity index (χ4n) is 0.817. The van der Waals surface area contributed by atoms with E-state index in [1.165, 1.54) is 7.11 Å². The number of nitrogens with two attached hydrogens (primary N) is 1. The van der Waals surface area contributed by atoms with Gasteiger partial charge in [0.15, 0.2) is 0 Å². The highest BCUT2D eigenvalue weighted by molar-refractivity contribution is 5.94. The summed E-state index contributed by atoms with van der Waals surface area (Å²) in [4.78, 5) is 21.2. The van der Waals surface area contributed by atoms with Crippen LogP contribution in [-0.2, 0) is 14.3 Å². The van der Waals surface area contributed by atoms with Crippen molar-refractivity contribution in [2.24, 2.45) is 5.73 Å². The van der Waals surface area contributed by atoms with Gasteiger partial charge < -0.3 is 15.8 Å². The normalized spacial score (nSPS) is 12.9. The van der Waals surface area contributed by atoms with Crippen molar-refractivity contribution in [1.82, 2.24) is 5.32 Å². The highest BCUT2D eigenvalue weighted by Crippen LogP contribution is 2.15. The van der Waals surface area contributed by atoms with Crippen LogP contribution in [0.5, 0.6) is 0 Å². The molecule has 0 fully saturated rings. The molecule has 0 unspecified atom stereocenters. The van der Waals surface area contributed by atoms with Crippen molar-refractivity contribution < 1.29 is 27.5 Å². The smallest absolute Gasteiger partial charge is 0.454 e. The van der Waals surface area contributed by atoms with Crippen LogP contribution in [-0.4, -0.2) is 44.2 Å². The molecule has 0 aromatic rings. The molecule has 0 aliphatic rings. The van der Waals surface area contributed by atoms with Crippen LogP contribution in [0.25, 0.3) is 0 Å². The maximum atomic E-state index is 11.7. The molecule has 9 heteroatoms. The number of carbonyl (C=O) groups excluding carboxylic acids is 2. The Labute approximate surface area is 108 Å². The van der Waals surface area contributed by atoms with Crippen LogP contribution in [0, 0.1) is 0 Å². The molecule has 0 bridgehead atoms. The second-order valence-electron chi connectivity index (χ2n) is 3.05. The van der Waals surface area contributed by atoms with Crippen molar-refractivity contribution in [2.75, 3.05) is 20.2 Å². The molecule has 3 N–H and O–H groups in total. The molecule has 0 aromatic carbocycles. The Hall–Kier alpha value is -1.12. The largest absolute Gasteiger partial charge is 0.468 e. The summed E-state index contributed by atoms with van der Waals surface area (Å²) in [7, 11) is 1.17. The SMILES string of the molecule is COC(=O)[C@@H](N)CNCC=CC(=O)C(F)(F)F.Cl. The van der Waals surface area contributed by atoms with Crippen molar-refractivity contribution in [2.45, 2.75) is 12.2 Å². The highest BCUT2D eigenvalue weighted by Gasteiger charge is 2.35. The molecular weight excluding hydrogens is 277 g/mol. The van der Waals surface area contributed by atoms with Crippen LogP contribution in [0.2, 0.25) is 0 Å². The zero-order chi connectivity index (χ0) is 13.5. The average Bonchev–Trinajstić information content (AvgIpc) is 2.25. The van der Waals surface area contributed by atoms with Crippen molar-refractivity contribution in [3.8, 4) is 0 Å². The maximum absolute atomic E-state index is 11.7. The predicted molar refractivity (Wildman–Crippen MR) is 60.3 cm³/mol. The van der Waals surface area contributed by atoms with Crippen LogP contribution < -0.4 is 11.1 Å². The summed E-state index contributed by atoms with van der Waals surface area (Å²) in [5.41, 5.74) is 5.33. The zero-order valence-electron chi connectivity index (χ0n) is 9.49. The highest BCUT2D eigenvalue weighted by atomic mass is 35.5. The molecule has 0 heterocycles. The van der Waals surface area contributed by atoms with Crippen LogP contribution in [0.3, 0.4) is 0 Å². The van der Waals surface area contributed by atoms with Crippen LogP contribution in [0.4, 0.5) is 13.2 Å². The number of rotatable bonds is 6. The Balaban J connectivity index is 0. The van der Waals surface area contributed by atoms with Gasteiger partial charge >= 0.3 is 12.1 Å². The predicted octanol–water partition coefficient (Wildman–Crippen LogP) is 0.186. The van der Waals surface area contributed by atoms with E-state index in [4.69, 9.17) is 5.73 Å². The minimum atomic E-state index is -4.86. The van der Waals surface area contributed by atoms with Gasteiger partial charge in [-0.2, -0.15) is 13.2 Å². The standard InChI is InChI=1S/C9H13F3N2O3.ClH/c1-17-8(16)6(13)5-14-4-2-3-7(15)9(10,11)12;/h2-3,6,14H,4-5,13H2,1H3;1H/t6-;/m0./s1. The van der Waals surface area contributed by atoms with E-state index in [1.54, 1.807) is 0 Å². The van der Waals surface area contributed by atoms with Gasteiger partial charge in [-0.25, -0.2) is 0 Å². The number of methoxy groups -OCH3 is 1.